The first-order valence-corrected chi connectivity index (χ1v) is 7.09. The van der Waals surface area contributed by atoms with Crippen molar-refractivity contribution in [1.82, 2.24) is 4.90 Å². The maximum atomic E-state index is 11.4. The van der Waals surface area contributed by atoms with Crippen LogP contribution >= 0.6 is 0 Å². The molecule has 1 unspecified atom stereocenters. The molecule has 0 bridgehead atoms. The van der Waals surface area contributed by atoms with Gasteiger partial charge in [0.2, 0.25) is 0 Å². The normalized spacial score (nSPS) is 21.7. The molecule has 0 radical (unpaired) electrons. The van der Waals surface area contributed by atoms with Crippen molar-refractivity contribution in [1.29, 1.82) is 0 Å². The van der Waals surface area contributed by atoms with Gasteiger partial charge in [0.25, 0.3) is 0 Å². The van der Waals surface area contributed by atoms with Gasteiger partial charge in [-0.2, -0.15) is 0 Å². The Bertz CT molecular complexity index is 262. The number of carbonyl (C=O) groups is 1. The van der Waals surface area contributed by atoms with E-state index >= 15 is 0 Å². The maximum absolute atomic E-state index is 11.4. The molecular formula is C14H27NO3. The molecule has 1 aliphatic heterocycles. The Kier molecular flexibility index (Phi) is 6.09. The van der Waals surface area contributed by atoms with E-state index in [-0.39, 0.29) is 0 Å². The minimum atomic E-state index is -0.670. The first kappa shape index (κ1) is 15.4. The van der Waals surface area contributed by atoms with Crippen LogP contribution in [0.25, 0.3) is 0 Å². The molecule has 4 nitrogen and oxygen atoms in total. The quantitative estimate of drug-likeness (QED) is 0.760. The van der Waals surface area contributed by atoms with Gasteiger partial charge >= 0.3 is 5.97 Å². The van der Waals surface area contributed by atoms with E-state index in [9.17, 15) is 9.90 Å². The van der Waals surface area contributed by atoms with Crippen LogP contribution in [0, 0.1) is 5.41 Å². The van der Waals surface area contributed by atoms with Crippen molar-refractivity contribution in [3.8, 4) is 0 Å². The number of likely N-dealkylation sites (tertiary alicyclic amines) is 1. The molecule has 0 saturated carbocycles. The summed E-state index contributed by atoms with van der Waals surface area (Å²) in [6.45, 7) is 9.28. The third-order valence-electron chi connectivity index (χ3n) is 3.83. The van der Waals surface area contributed by atoms with Gasteiger partial charge in [-0.3, -0.25) is 4.79 Å². The minimum Gasteiger partial charge on any atom is -0.481 e. The number of rotatable bonds is 7. The van der Waals surface area contributed by atoms with Crippen LogP contribution in [-0.2, 0) is 9.53 Å². The third-order valence-corrected chi connectivity index (χ3v) is 3.83. The number of carboxylic acids is 1. The van der Waals surface area contributed by atoms with Crippen molar-refractivity contribution < 1.29 is 14.6 Å². The Labute approximate surface area is 110 Å². The highest BCUT2D eigenvalue weighted by Crippen LogP contribution is 2.27. The van der Waals surface area contributed by atoms with E-state index in [0.717, 1.165) is 45.4 Å². The van der Waals surface area contributed by atoms with Crippen LogP contribution in [0.4, 0.5) is 0 Å². The zero-order chi connectivity index (χ0) is 13.6. The van der Waals surface area contributed by atoms with E-state index in [4.69, 9.17) is 4.74 Å². The predicted octanol–water partition coefficient (Wildman–Crippen LogP) is 2.38. The second-order valence-electron chi connectivity index (χ2n) is 5.55. The van der Waals surface area contributed by atoms with Crippen LogP contribution in [0.2, 0.25) is 0 Å². The van der Waals surface area contributed by atoms with Gasteiger partial charge in [-0.1, -0.05) is 13.3 Å². The van der Waals surface area contributed by atoms with E-state index in [0.29, 0.717) is 12.6 Å². The lowest BCUT2D eigenvalue weighted by atomic mass is 9.84. The lowest BCUT2D eigenvalue weighted by Gasteiger charge is -2.36. The topological polar surface area (TPSA) is 49.8 Å². The van der Waals surface area contributed by atoms with Crippen LogP contribution in [0.1, 0.15) is 46.5 Å². The number of nitrogens with zero attached hydrogens (tertiary/aromatic N) is 1. The second kappa shape index (κ2) is 7.10. The van der Waals surface area contributed by atoms with Crippen molar-refractivity contribution in [3.05, 3.63) is 0 Å². The number of carboxylic acid groups (broad SMARTS) is 1. The van der Waals surface area contributed by atoms with Gasteiger partial charge in [0.05, 0.1) is 11.5 Å². The fourth-order valence-electron chi connectivity index (χ4n) is 2.77. The second-order valence-corrected chi connectivity index (χ2v) is 5.55. The molecule has 1 saturated heterocycles. The van der Waals surface area contributed by atoms with Crippen molar-refractivity contribution in [2.75, 3.05) is 26.2 Å². The fraction of sp³-hybridized carbons (Fsp3) is 0.929. The summed E-state index contributed by atoms with van der Waals surface area (Å²) in [5, 5.41) is 9.38. The Balaban J connectivity index is 2.45. The number of piperidine rings is 1. The summed E-state index contributed by atoms with van der Waals surface area (Å²) >= 11 is 0. The van der Waals surface area contributed by atoms with Gasteiger partial charge in [0.15, 0.2) is 0 Å². The first-order valence-electron chi connectivity index (χ1n) is 7.09. The summed E-state index contributed by atoms with van der Waals surface area (Å²) in [6.07, 6.45) is 4.07. The average molecular weight is 257 g/mol. The number of aliphatic carboxylic acids is 1. The Morgan fingerprint density at radius 3 is 2.44 bits per heavy atom. The highest BCUT2D eigenvalue weighted by Gasteiger charge is 2.35. The van der Waals surface area contributed by atoms with E-state index in [2.05, 4.69) is 4.90 Å². The van der Waals surface area contributed by atoms with E-state index in [1.165, 1.54) is 0 Å². The molecule has 1 rings (SSSR count). The molecule has 0 aromatic carbocycles. The molecule has 1 heterocycles. The van der Waals surface area contributed by atoms with Gasteiger partial charge in [0.1, 0.15) is 0 Å². The van der Waals surface area contributed by atoms with E-state index in [1.54, 1.807) is 0 Å². The molecule has 0 aliphatic carbocycles. The Hall–Kier alpha value is -0.610. The number of hydrogen-bond donors (Lipinski definition) is 1. The molecule has 0 amide bonds. The standard InChI is InChI=1S/C14H27NO3/c1-4-8-14(3,13(16)17)11-15-9-6-12(7-10-15)18-5-2/h12H,4-11H2,1-3H3,(H,16,17). The molecule has 0 aromatic heterocycles. The summed E-state index contributed by atoms with van der Waals surface area (Å²) in [4.78, 5) is 13.7. The van der Waals surface area contributed by atoms with Gasteiger partial charge < -0.3 is 14.7 Å². The molecule has 0 aromatic rings. The highest BCUT2D eigenvalue weighted by molar-refractivity contribution is 5.74. The summed E-state index contributed by atoms with van der Waals surface area (Å²) in [7, 11) is 0. The van der Waals surface area contributed by atoms with Crippen molar-refractivity contribution in [2.45, 2.75) is 52.6 Å². The van der Waals surface area contributed by atoms with Crippen LogP contribution in [0.5, 0.6) is 0 Å². The lowest BCUT2D eigenvalue weighted by Crippen LogP contribution is -2.45. The molecule has 1 atom stereocenters. The first-order chi connectivity index (χ1) is 8.51. The van der Waals surface area contributed by atoms with Crippen LogP contribution < -0.4 is 0 Å². The lowest BCUT2D eigenvalue weighted by molar-refractivity contribution is -0.150. The molecular weight excluding hydrogens is 230 g/mol. The summed E-state index contributed by atoms with van der Waals surface area (Å²) in [5.74, 6) is -0.670. The largest absolute Gasteiger partial charge is 0.481 e. The Morgan fingerprint density at radius 2 is 2.00 bits per heavy atom. The maximum Gasteiger partial charge on any atom is 0.310 e. The van der Waals surface area contributed by atoms with Crippen LogP contribution in [0.15, 0.2) is 0 Å². The zero-order valence-electron chi connectivity index (χ0n) is 11.9. The molecule has 1 fully saturated rings. The molecule has 106 valence electrons. The highest BCUT2D eigenvalue weighted by atomic mass is 16.5. The van der Waals surface area contributed by atoms with Crippen molar-refractivity contribution >= 4 is 5.97 Å². The summed E-state index contributed by atoms with van der Waals surface area (Å²) in [6, 6.07) is 0. The smallest absolute Gasteiger partial charge is 0.310 e. The van der Waals surface area contributed by atoms with Gasteiger partial charge in [-0.05, 0) is 33.1 Å². The van der Waals surface area contributed by atoms with Gasteiger partial charge in [-0.15, -0.1) is 0 Å². The number of hydrogen-bond acceptors (Lipinski definition) is 3. The monoisotopic (exact) mass is 257 g/mol. The van der Waals surface area contributed by atoms with E-state index < -0.39 is 11.4 Å². The molecule has 4 heteroatoms. The molecule has 1 N–H and O–H groups in total. The van der Waals surface area contributed by atoms with Crippen LogP contribution in [-0.4, -0.2) is 48.3 Å². The minimum absolute atomic E-state index is 0.369. The van der Waals surface area contributed by atoms with E-state index in [1.807, 2.05) is 20.8 Å². The van der Waals surface area contributed by atoms with Crippen molar-refractivity contribution in [3.63, 3.8) is 0 Å². The van der Waals surface area contributed by atoms with Crippen molar-refractivity contribution in [2.24, 2.45) is 5.41 Å². The van der Waals surface area contributed by atoms with Gasteiger partial charge in [-0.25, -0.2) is 0 Å². The Morgan fingerprint density at radius 1 is 1.39 bits per heavy atom. The SMILES string of the molecule is CCCC(C)(CN1CCC(OCC)CC1)C(=O)O. The summed E-state index contributed by atoms with van der Waals surface area (Å²) in [5.41, 5.74) is -0.604. The summed E-state index contributed by atoms with van der Waals surface area (Å²) < 4.78 is 5.61. The molecule has 18 heavy (non-hydrogen) atoms. The molecule has 1 aliphatic rings. The van der Waals surface area contributed by atoms with Crippen LogP contribution in [0.3, 0.4) is 0 Å². The number of ether oxygens (including phenoxy) is 1. The van der Waals surface area contributed by atoms with Gasteiger partial charge in [0, 0.05) is 26.2 Å². The fourth-order valence-corrected chi connectivity index (χ4v) is 2.77. The predicted molar refractivity (Wildman–Crippen MR) is 71.7 cm³/mol. The zero-order valence-corrected chi connectivity index (χ0v) is 11.9. The molecule has 0 spiro atoms. The average Bonchev–Trinajstić information content (AvgIpc) is 2.32. The third kappa shape index (κ3) is 4.25.